The molecule has 1 aromatic heterocycles. The van der Waals surface area contributed by atoms with Gasteiger partial charge >= 0.3 is 0 Å². The first-order valence-corrected chi connectivity index (χ1v) is 7.07. The summed E-state index contributed by atoms with van der Waals surface area (Å²) in [5.74, 6) is 0.915. The van der Waals surface area contributed by atoms with Gasteiger partial charge in [-0.25, -0.2) is 4.98 Å². The minimum Gasteiger partial charge on any atom is -0.363 e. The van der Waals surface area contributed by atoms with Gasteiger partial charge in [0.05, 0.1) is 0 Å². The summed E-state index contributed by atoms with van der Waals surface area (Å²) in [7, 11) is 0. The van der Waals surface area contributed by atoms with Crippen LogP contribution < -0.4 is 11.1 Å². The maximum atomic E-state index is 5.60. The fourth-order valence-corrected chi connectivity index (χ4v) is 2.37. The van der Waals surface area contributed by atoms with Crippen LogP contribution in [-0.4, -0.2) is 4.98 Å². The zero-order valence-electron chi connectivity index (χ0n) is 11.2. The van der Waals surface area contributed by atoms with E-state index in [1.165, 1.54) is 5.56 Å². The average molecular weight is 320 g/mol. The molecule has 1 heterocycles. The van der Waals surface area contributed by atoms with Crippen molar-refractivity contribution in [3.63, 3.8) is 0 Å². The van der Waals surface area contributed by atoms with Crippen molar-refractivity contribution in [1.82, 2.24) is 4.98 Å². The van der Waals surface area contributed by atoms with Gasteiger partial charge in [0.25, 0.3) is 0 Å². The molecule has 0 aliphatic carbocycles. The molecule has 3 N–H and O–H groups in total. The molecule has 2 aromatic rings. The van der Waals surface area contributed by atoms with Crippen molar-refractivity contribution in [3.8, 4) is 0 Å². The van der Waals surface area contributed by atoms with Crippen LogP contribution >= 0.6 is 15.9 Å². The number of anilines is 1. The third-order valence-corrected chi connectivity index (χ3v) is 3.55. The molecular formula is C15H18BrN3. The van der Waals surface area contributed by atoms with Crippen molar-refractivity contribution in [2.45, 2.75) is 26.4 Å². The second-order valence-electron chi connectivity index (χ2n) is 4.63. The van der Waals surface area contributed by atoms with E-state index < -0.39 is 0 Å². The van der Waals surface area contributed by atoms with Crippen LogP contribution in [0.1, 0.15) is 29.7 Å². The Kier molecular flexibility index (Phi) is 4.56. The lowest BCUT2D eigenvalue weighted by atomic mass is 10.1. The first-order chi connectivity index (χ1) is 9.10. The van der Waals surface area contributed by atoms with Gasteiger partial charge in [0.15, 0.2) is 0 Å². The third kappa shape index (κ3) is 3.55. The third-order valence-electron chi connectivity index (χ3n) is 3.11. The normalized spacial score (nSPS) is 12.2. The molecule has 0 saturated carbocycles. The predicted octanol–water partition coefficient (Wildman–Crippen LogP) is 3.78. The van der Waals surface area contributed by atoms with Crippen molar-refractivity contribution >= 4 is 21.7 Å². The summed E-state index contributed by atoms with van der Waals surface area (Å²) in [6.45, 7) is 4.75. The molecule has 19 heavy (non-hydrogen) atoms. The molecule has 1 atom stereocenters. The Morgan fingerprint density at radius 3 is 2.58 bits per heavy atom. The number of nitrogens with two attached hydrogens (primary N) is 1. The second kappa shape index (κ2) is 6.17. The maximum absolute atomic E-state index is 5.60. The Morgan fingerprint density at radius 1 is 1.32 bits per heavy atom. The number of halogens is 1. The molecule has 1 unspecified atom stereocenters. The van der Waals surface area contributed by atoms with Crippen LogP contribution in [0, 0.1) is 6.92 Å². The van der Waals surface area contributed by atoms with Crippen molar-refractivity contribution in [2.75, 3.05) is 5.32 Å². The predicted molar refractivity (Wildman–Crippen MR) is 83.0 cm³/mol. The fourth-order valence-electron chi connectivity index (χ4n) is 1.92. The summed E-state index contributed by atoms with van der Waals surface area (Å²) in [6.07, 6.45) is 1.81. The van der Waals surface area contributed by atoms with Crippen LogP contribution in [0.25, 0.3) is 0 Å². The second-order valence-corrected chi connectivity index (χ2v) is 5.55. The van der Waals surface area contributed by atoms with E-state index in [0.717, 1.165) is 21.4 Å². The number of aryl methyl sites for hydroxylation is 1. The molecule has 0 fully saturated rings. The molecule has 0 amide bonds. The van der Waals surface area contributed by atoms with Crippen LogP contribution in [0.2, 0.25) is 0 Å². The summed E-state index contributed by atoms with van der Waals surface area (Å²) in [6, 6.07) is 10.6. The zero-order chi connectivity index (χ0) is 13.8. The quantitative estimate of drug-likeness (QED) is 0.901. The van der Waals surface area contributed by atoms with E-state index >= 15 is 0 Å². The van der Waals surface area contributed by atoms with E-state index in [1.54, 1.807) is 6.20 Å². The summed E-state index contributed by atoms with van der Waals surface area (Å²) in [5.41, 5.74) is 9.10. The fraction of sp³-hybridized carbons (Fsp3) is 0.267. The van der Waals surface area contributed by atoms with E-state index in [-0.39, 0.29) is 6.04 Å². The van der Waals surface area contributed by atoms with E-state index in [2.05, 4.69) is 63.5 Å². The zero-order valence-corrected chi connectivity index (χ0v) is 12.7. The lowest BCUT2D eigenvalue weighted by Crippen LogP contribution is -2.09. The molecular weight excluding hydrogens is 302 g/mol. The summed E-state index contributed by atoms with van der Waals surface area (Å²) in [5, 5.41) is 3.43. The number of nitrogens with zero attached hydrogens (tertiary/aromatic N) is 1. The molecule has 0 aliphatic rings. The molecule has 0 aliphatic heterocycles. The van der Waals surface area contributed by atoms with Gasteiger partial charge < -0.3 is 11.1 Å². The number of pyridine rings is 1. The summed E-state index contributed by atoms with van der Waals surface area (Å²) < 4.78 is 0.996. The largest absolute Gasteiger partial charge is 0.363 e. The highest BCUT2D eigenvalue weighted by atomic mass is 79.9. The van der Waals surface area contributed by atoms with Gasteiger partial charge in [-0.1, -0.05) is 24.3 Å². The van der Waals surface area contributed by atoms with Gasteiger partial charge in [-0.3, -0.25) is 0 Å². The minimum atomic E-state index is 0.208. The van der Waals surface area contributed by atoms with Gasteiger partial charge in [0.1, 0.15) is 5.82 Å². The number of aromatic nitrogens is 1. The topological polar surface area (TPSA) is 50.9 Å². The van der Waals surface area contributed by atoms with E-state index in [0.29, 0.717) is 6.54 Å². The van der Waals surface area contributed by atoms with Crippen LogP contribution in [0.3, 0.4) is 0 Å². The molecule has 0 saturated heterocycles. The SMILES string of the molecule is Cc1cc(Br)cnc1NC(C)c1ccc(CN)cc1. The molecule has 1 aromatic carbocycles. The lowest BCUT2D eigenvalue weighted by molar-refractivity contribution is 0.869. The molecule has 3 nitrogen and oxygen atoms in total. The molecule has 100 valence electrons. The van der Waals surface area contributed by atoms with Crippen molar-refractivity contribution in [2.24, 2.45) is 5.73 Å². The monoisotopic (exact) mass is 319 g/mol. The molecule has 0 bridgehead atoms. The Labute approximate surface area is 122 Å². The highest BCUT2D eigenvalue weighted by Crippen LogP contribution is 2.22. The van der Waals surface area contributed by atoms with Gasteiger partial charge in [0, 0.05) is 23.3 Å². The first kappa shape index (κ1) is 14.0. The van der Waals surface area contributed by atoms with Gasteiger partial charge in [-0.15, -0.1) is 0 Å². The lowest BCUT2D eigenvalue weighted by Gasteiger charge is -2.17. The minimum absolute atomic E-state index is 0.208. The highest BCUT2D eigenvalue weighted by molar-refractivity contribution is 9.10. The smallest absolute Gasteiger partial charge is 0.129 e. The van der Waals surface area contributed by atoms with Crippen molar-refractivity contribution in [3.05, 3.63) is 57.7 Å². The standard InChI is InChI=1S/C15H18BrN3/c1-10-7-14(16)9-18-15(10)19-11(2)13-5-3-12(8-17)4-6-13/h3-7,9,11H,8,17H2,1-2H3,(H,18,19). The molecule has 4 heteroatoms. The van der Waals surface area contributed by atoms with Crippen molar-refractivity contribution < 1.29 is 0 Å². The van der Waals surface area contributed by atoms with Crippen molar-refractivity contribution in [1.29, 1.82) is 0 Å². The molecule has 2 rings (SSSR count). The Morgan fingerprint density at radius 2 is 2.00 bits per heavy atom. The first-order valence-electron chi connectivity index (χ1n) is 6.27. The molecule has 0 radical (unpaired) electrons. The Bertz CT molecular complexity index is 552. The van der Waals surface area contributed by atoms with Gasteiger partial charge in [-0.05, 0) is 52.5 Å². The summed E-state index contributed by atoms with van der Waals surface area (Å²) in [4.78, 5) is 4.40. The maximum Gasteiger partial charge on any atom is 0.129 e. The van der Waals surface area contributed by atoms with Crippen LogP contribution in [-0.2, 0) is 6.54 Å². The van der Waals surface area contributed by atoms with Crippen LogP contribution in [0.15, 0.2) is 41.0 Å². The van der Waals surface area contributed by atoms with E-state index in [9.17, 15) is 0 Å². The Hall–Kier alpha value is -1.39. The number of nitrogens with one attached hydrogen (secondary N) is 1. The highest BCUT2D eigenvalue weighted by Gasteiger charge is 2.08. The van der Waals surface area contributed by atoms with Crippen LogP contribution in [0.4, 0.5) is 5.82 Å². The Balaban J connectivity index is 2.13. The van der Waals surface area contributed by atoms with Crippen LogP contribution in [0.5, 0.6) is 0 Å². The summed E-state index contributed by atoms with van der Waals surface area (Å²) >= 11 is 3.42. The number of hydrogen-bond acceptors (Lipinski definition) is 3. The van der Waals surface area contributed by atoms with Gasteiger partial charge in [0.2, 0.25) is 0 Å². The van der Waals surface area contributed by atoms with E-state index in [1.807, 2.05) is 6.92 Å². The number of hydrogen-bond donors (Lipinski definition) is 2. The van der Waals surface area contributed by atoms with E-state index in [4.69, 9.17) is 5.73 Å². The van der Waals surface area contributed by atoms with Gasteiger partial charge in [-0.2, -0.15) is 0 Å². The average Bonchev–Trinajstić information content (AvgIpc) is 2.42. The number of benzene rings is 1. The molecule has 0 spiro atoms. The number of rotatable bonds is 4.